The minimum Gasteiger partial charge on any atom is -0.508 e. The average Bonchev–Trinajstić information content (AvgIpc) is 3.80. The predicted octanol–water partition coefficient (Wildman–Crippen LogP) is 8.08. The number of fused-ring (bicyclic) bond motifs is 9. The second kappa shape index (κ2) is 15.7. The van der Waals surface area contributed by atoms with Crippen LogP contribution >= 0.6 is 0 Å². The summed E-state index contributed by atoms with van der Waals surface area (Å²) < 4.78 is 67.9. The number of aromatic hydroxyl groups is 1. The van der Waals surface area contributed by atoms with Crippen LogP contribution in [0.25, 0.3) is 32.9 Å². The first-order valence-corrected chi connectivity index (χ1v) is 24.0. The summed E-state index contributed by atoms with van der Waals surface area (Å²) in [6.07, 6.45) is 4.01. The number of rotatable bonds is 4. The lowest BCUT2D eigenvalue weighted by molar-refractivity contribution is 0.0230. The highest BCUT2D eigenvalue weighted by Gasteiger charge is 2.53. The number of nitrogens with one attached hydrogen (secondary N) is 1. The molecule has 320 valence electrons. The molecule has 4 fully saturated rings. The normalized spacial score (nSPS) is 27.4. The molecule has 14 heteroatoms. The van der Waals surface area contributed by atoms with Crippen LogP contribution in [-0.2, 0) is 9.47 Å². The largest absolute Gasteiger partial charge is 0.508 e. The predicted molar refractivity (Wildman–Crippen MR) is 230 cm³/mol. The molecule has 7 bridgehead atoms. The number of ether oxygens (including phenoxy) is 3. The van der Waals surface area contributed by atoms with Gasteiger partial charge in [0, 0.05) is 69.0 Å². The number of phenols is 1. The maximum absolute atomic E-state index is 17.6. The average molecular weight is 843 g/mol. The lowest BCUT2D eigenvalue weighted by Crippen LogP contribution is -2.62. The van der Waals surface area contributed by atoms with Crippen molar-refractivity contribution < 1.29 is 32.5 Å². The quantitative estimate of drug-likeness (QED) is 0.155. The molecule has 2 N–H and O–H groups in total. The summed E-state index contributed by atoms with van der Waals surface area (Å²) in [6.45, 7) is 17.0. The summed E-state index contributed by atoms with van der Waals surface area (Å²) in [7, 11) is -2.30. The smallest absolute Gasteiger partial charge is 0.319 e. The van der Waals surface area contributed by atoms with Crippen LogP contribution in [0.5, 0.6) is 11.8 Å². The van der Waals surface area contributed by atoms with Gasteiger partial charge in [-0.1, -0.05) is 53.5 Å². The Bertz CT molecular complexity index is 2350. The van der Waals surface area contributed by atoms with Gasteiger partial charge >= 0.3 is 6.01 Å². The van der Waals surface area contributed by atoms with Gasteiger partial charge in [-0.25, -0.2) is 13.2 Å². The van der Waals surface area contributed by atoms with Crippen molar-refractivity contribution in [1.82, 2.24) is 25.2 Å². The molecule has 7 heterocycles. The van der Waals surface area contributed by atoms with E-state index in [-0.39, 0.29) is 58.4 Å². The van der Waals surface area contributed by atoms with E-state index in [1.54, 1.807) is 12.3 Å². The molecule has 0 radical (unpaired) electrons. The third-order valence-electron chi connectivity index (χ3n) is 14.3. The highest BCUT2D eigenvalue weighted by molar-refractivity contribution is 6.90. The molecule has 60 heavy (non-hydrogen) atoms. The number of pyridine rings is 1. The van der Waals surface area contributed by atoms with Gasteiger partial charge in [0.25, 0.3) is 0 Å². The number of piperazine rings is 1. The van der Waals surface area contributed by atoms with E-state index in [9.17, 15) is 5.11 Å². The first kappa shape index (κ1) is 41.4. The molecule has 10 nitrogen and oxygen atoms in total. The Morgan fingerprint density at radius 1 is 0.983 bits per heavy atom. The molecular formula is C46H57F3N6O4Si. The Morgan fingerprint density at radius 2 is 1.78 bits per heavy atom. The number of phenolic OH excluding ortho intramolecular Hbond substituents is 1. The van der Waals surface area contributed by atoms with E-state index < -0.39 is 31.4 Å². The fraction of sp³-hybridized carbons (Fsp3) is 0.587. The lowest BCUT2D eigenvalue weighted by atomic mass is 9.94. The van der Waals surface area contributed by atoms with Crippen LogP contribution in [0.15, 0.2) is 30.5 Å². The van der Waals surface area contributed by atoms with E-state index in [0.717, 1.165) is 19.3 Å². The summed E-state index contributed by atoms with van der Waals surface area (Å²) in [5.74, 6) is 2.38. The maximum Gasteiger partial charge on any atom is 0.319 e. The van der Waals surface area contributed by atoms with E-state index in [0.29, 0.717) is 97.4 Å². The maximum atomic E-state index is 17.6. The Labute approximate surface area is 351 Å². The van der Waals surface area contributed by atoms with Crippen LogP contribution in [0, 0.1) is 23.1 Å². The third-order valence-corrected chi connectivity index (χ3v) is 20.6. The molecule has 2 spiro atoms. The van der Waals surface area contributed by atoms with E-state index >= 15 is 13.2 Å². The Morgan fingerprint density at radius 3 is 2.57 bits per heavy atom. The molecule has 0 amide bonds. The SMILES string of the molecule is CC(C)[Si](C#Cc1c(F)ccc2cc(O)cc(-c3ncc4c5nc(nc4c3F)OC[C@]34C[C@@H](F)CN3C[C@@H](C4)OCCCOC[C@]34CC[C@H](CN5C3)N4)c12)(C(C)C)C(C)C. The van der Waals surface area contributed by atoms with Crippen molar-refractivity contribution in [3.63, 3.8) is 0 Å². The van der Waals surface area contributed by atoms with E-state index in [1.165, 1.54) is 18.2 Å². The second-order valence-corrected chi connectivity index (χ2v) is 24.6. The van der Waals surface area contributed by atoms with Crippen LogP contribution in [-0.4, -0.2) is 115 Å². The van der Waals surface area contributed by atoms with Gasteiger partial charge in [0.2, 0.25) is 0 Å². The summed E-state index contributed by atoms with van der Waals surface area (Å²) in [6, 6.07) is 6.03. The van der Waals surface area contributed by atoms with Crippen molar-refractivity contribution >= 4 is 35.6 Å². The van der Waals surface area contributed by atoms with E-state index in [2.05, 4.69) is 68.1 Å². The molecule has 0 saturated carbocycles. The van der Waals surface area contributed by atoms with Crippen molar-refractivity contribution in [2.45, 2.75) is 120 Å². The van der Waals surface area contributed by atoms with Gasteiger partial charge in [-0.3, -0.25) is 9.88 Å². The van der Waals surface area contributed by atoms with Crippen LogP contribution in [0.1, 0.15) is 79.2 Å². The van der Waals surface area contributed by atoms with Gasteiger partial charge < -0.3 is 29.5 Å². The first-order valence-electron chi connectivity index (χ1n) is 21.8. The van der Waals surface area contributed by atoms with Gasteiger partial charge in [0.15, 0.2) is 5.82 Å². The molecule has 2 aromatic heterocycles. The van der Waals surface area contributed by atoms with Crippen LogP contribution in [0.4, 0.5) is 19.0 Å². The lowest BCUT2D eigenvalue weighted by Gasteiger charge is -2.42. The number of hydrogen-bond donors (Lipinski definition) is 2. The fourth-order valence-corrected chi connectivity index (χ4v) is 16.8. The highest BCUT2D eigenvalue weighted by Crippen LogP contribution is 2.45. The topological polar surface area (TPSA) is 105 Å². The molecule has 5 atom stereocenters. The first-order chi connectivity index (χ1) is 28.7. The van der Waals surface area contributed by atoms with E-state index in [1.807, 2.05) is 0 Å². The van der Waals surface area contributed by atoms with E-state index in [4.69, 9.17) is 29.2 Å². The van der Waals surface area contributed by atoms with Crippen molar-refractivity contribution in [2.75, 3.05) is 57.5 Å². The minimum atomic E-state index is -2.30. The monoisotopic (exact) mass is 842 g/mol. The Hall–Kier alpha value is -4.00. The third kappa shape index (κ3) is 7.12. The summed E-state index contributed by atoms with van der Waals surface area (Å²) in [4.78, 5) is 18.7. The zero-order chi connectivity index (χ0) is 42.1. The number of anilines is 1. The van der Waals surface area contributed by atoms with Crippen molar-refractivity contribution in [2.24, 2.45) is 0 Å². The molecule has 5 aliphatic heterocycles. The fourth-order valence-electron chi connectivity index (χ4n) is 11.6. The molecule has 0 aliphatic carbocycles. The van der Waals surface area contributed by atoms with Crippen LogP contribution in [0.3, 0.4) is 0 Å². The number of halogens is 3. The Kier molecular flexibility index (Phi) is 10.8. The van der Waals surface area contributed by atoms with Crippen LogP contribution in [0.2, 0.25) is 16.6 Å². The number of alkyl halides is 1. The van der Waals surface area contributed by atoms with Crippen molar-refractivity contribution in [3.05, 3.63) is 47.7 Å². The van der Waals surface area contributed by atoms with Crippen molar-refractivity contribution in [1.29, 1.82) is 0 Å². The molecule has 2 aromatic carbocycles. The number of aromatic nitrogens is 3. The number of nitrogens with zero attached hydrogens (tertiary/aromatic N) is 5. The zero-order valence-electron chi connectivity index (χ0n) is 35.6. The zero-order valence-corrected chi connectivity index (χ0v) is 36.6. The standard InChI is InChI=1S/C46H57F3N6O4Si/c1-27(2)60(28(3)4,29(5)6)15-11-35-38(48)9-8-30-16-33(56)17-36(39(30)35)41-40(49)42-37(20-50-41)43-52-44(51-42)59-26-46-18-31(47)21-55(46)23-34(19-46)58-14-7-13-57-25-45-12-10-32(53-45)22-54(43)24-45/h8-9,16-17,20,27-29,31-32,34,53,56H,7,10,12-14,18-19,21-26H2,1-6H3/t31-,32-,34-,45+,46-/m1/s1. The van der Waals surface area contributed by atoms with Crippen molar-refractivity contribution in [3.8, 4) is 34.5 Å². The molecule has 4 saturated heterocycles. The molecular weight excluding hydrogens is 786 g/mol. The minimum absolute atomic E-state index is 0.0164. The van der Waals surface area contributed by atoms with Gasteiger partial charge in [-0.2, -0.15) is 9.97 Å². The summed E-state index contributed by atoms with van der Waals surface area (Å²) >= 11 is 0. The number of hydrogen-bond acceptors (Lipinski definition) is 10. The summed E-state index contributed by atoms with van der Waals surface area (Å²) in [5, 5.41) is 16.1. The van der Waals surface area contributed by atoms with Gasteiger partial charge in [-0.05, 0) is 65.9 Å². The molecule has 5 aliphatic rings. The molecule has 4 aromatic rings. The van der Waals surface area contributed by atoms with Gasteiger partial charge in [0.05, 0.1) is 34.7 Å². The van der Waals surface area contributed by atoms with Gasteiger partial charge in [0.1, 0.15) is 49.4 Å². The second-order valence-electron chi connectivity index (χ2n) is 19.0. The van der Waals surface area contributed by atoms with Crippen LogP contribution < -0.4 is 15.0 Å². The highest BCUT2D eigenvalue weighted by atomic mass is 28.3. The molecule has 0 unspecified atom stereocenters. The number of benzene rings is 2. The Balaban J connectivity index is 1.20. The summed E-state index contributed by atoms with van der Waals surface area (Å²) in [5.41, 5.74) is 3.86. The van der Waals surface area contributed by atoms with Gasteiger partial charge in [-0.15, -0.1) is 5.54 Å². The molecule has 9 rings (SSSR count).